The van der Waals surface area contributed by atoms with E-state index in [1.54, 1.807) is 6.07 Å². The molecule has 0 atom stereocenters. The van der Waals surface area contributed by atoms with Gasteiger partial charge in [0.25, 0.3) is 0 Å². The largest absolute Gasteiger partial charge is 0.485 e. The number of aryl methyl sites for hydroxylation is 2. The van der Waals surface area contributed by atoms with Crippen molar-refractivity contribution in [2.24, 2.45) is 11.3 Å². The van der Waals surface area contributed by atoms with Gasteiger partial charge in [-0.1, -0.05) is 34.1 Å². The van der Waals surface area contributed by atoms with Gasteiger partial charge in [-0.3, -0.25) is 4.79 Å². The molecule has 1 saturated carbocycles. The van der Waals surface area contributed by atoms with Crippen LogP contribution in [-0.4, -0.2) is 11.4 Å². The van der Waals surface area contributed by atoms with Crippen molar-refractivity contribution in [1.82, 2.24) is 0 Å². The summed E-state index contributed by atoms with van der Waals surface area (Å²) in [6.45, 7) is 11.0. The third-order valence-electron chi connectivity index (χ3n) is 7.27. The third-order valence-corrected chi connectivity index (χ3v) is 7.27. The molecule has 0 radical (unpaired) electrons. The first kappa shape index (κ1) is 21.1. The topological polar surface area (TPSA) is 56.5 Å². The van der Waals surface area contributed by atoms with Crippen molar-refractivity contribution in [2.75, 3.05) is 0 Å². The number of carbonyl (C=O) groups excluding carboxylic acids is 1. The van der Waals surface area contributed by atoms with Gasteiger partial charge in [-0.15, -0.1) is 0 Å². The quantitative estimate of drug-likeness (QED) is 0.551. The van der Waals surface area contributed by atoms with E-state index in [0.717, 1.165) is 61.5 Å². The lowest BCUT2D eigenvalue weighted by atomic mass is 9.66. The molecule has 2 aromatic rings. The van der Waals surface area contributed by atoms with Crippen LogP contribution in [0.2, 0.25) is 0 Å². The molecule has 30 heavy (non-hydrogen) atoms. The second-order valence-electron chi connectivity index (χ2n) is 10.5. The van der Waals surface area contributed by atoms with Crippen molar-refractivity contribution in [3.8, 4) is 5.75 Å². The monoisotopic (exact) mass is 410 g/mol. The number of hydrogen-bond donors (Lipinski definition) is 0. The minimum Gasteiger partial charge on any atom is -0.485 e. The van der Waals surface area contributed by atoms with Crippen LogP contribution in [0.15, 0.2) is 21.3 Å². The Morgan fingerprint density at radius 3 is 2.47 bits per heavy atom. The van der Waals surface area contributed by atoms with E-state index in [2.05, 4.69) is 27.7 Å². The highest BCUT2D eigenvalue weighted by Gasteiger charge is 2.46. The fourth-order valence-electron chi connectivity index (χ4n) is 5.43. The van der Waals surface area contributed by atoms with Crippen molar-refractivity contribution >= 4 is 16.8 Å². The van der Waals surface area contributed by atoms with Crippen molar-refractivity contribution < 1.29 is 13.9 Å². The van der Waals surface area contributed by atoms with Gasteiger partial charge in [0.05, 0.1) is 17.4 Å². The maximum atomic E-state index is 13.3. The van der Waals surface area contributed by atoms with E-state index in [1.807, 2.05) is 13.0 Å². The first-order valence-corrected chi connectivity index (χ1v) is 11.5. The Labute approximate surface area is 179 Å². The second kappa shape index (κ2) is 7.55. The van der Waals surface area contributed by atoms with E-state index < -0.39 is 5.60 Å². The van der Waals surface area contributed by atoms with Crippen LogP contribution < -0.4 is 10.4 Å². The van der Waals surface area contributed by atoms with Crippen molar-refractivity contribution in [1.29, 1.82) is 0 Å². The summed E-state index contributed by atoms with van der Waals surface area (Å²) in [6, 6.07) is 3.42. The van der Waals surface area contributed by atoms with E-state index in [0.29, 0.717) is 29.2 Å². The van der Waals surface area contributed by atoms with Crippen LogP contribution in [0.1, 0.15) is 94.1 Å². The smallest absolute Gasteiger partial charge is 0.336 e. The molecular formula is C26H34O4. The molecule has 4 heteroatoms. The summed E-state index contributed by atoms with van der Waals surface area (Å²) in [7, 11) is 0. The average molecular weight is 411 g/mol. The van der Waals surface area contributed by atoms with E-state index in [1.165, 1.54) is 0 Å². The van der Waals surface area contributed by atoms with Crippen LogP contribution in [-0.2, 0) is 6.42 Å². The van der Waals surface area contributed by atoms with Crippen LogP contribution in [0.4, 0.5) is 0 Å². The molecule has 4 nitrogen and oxygen atoms in total. The van der Waals surface area contributed by atoms with Crippen molar-refractivity contribution in [2.45, 2.75) is 91.6 Å². The molecule has 2 heterocycles. The van der Waals surface area contributed by atoms with E-state index in [9.17, 15) is 9.59 Å². The number of hydrogen-bond acceptors (Lipinski definition) is 4. The number of benzene rings is 1. The van der Waals surface area contributed by atoms with Gasteiger partial charge in [0.15, 0.2) is 5.78 Å². The summed E-state index contributed by atoms with van der Waals surface area (Å²) in [4.78, 5) is 25.5. The van der Waals surface area contributed by atoms with E-state index >= 15 is 0 Å². The molecule has 2 aliphatic rings. The van der Waals surface area contributed by atoms with Gasteiger partial charge >= 0.3 is 5.63 Å². The number of fused-ring (bicyclic) bond motifs is 3. The molecule has 1 aliphatic heterocycles. The summed E-state index contributed by atoms with van der Waals surface area (Å²) in [5, 5.41) is 0.828. The predicted octanol–water partition coefficient (Wildman–Crippen LogP) is 6.38. The highest BCUT2D eigenvalue weighted by molar-refractivity contribution is 6.07. The number of rotatable bonds is 3. The van der Waals surface area contributed by atoms with Crippen LogP contribution >= 0.6 is 0 Å². The zero-order valence-electron chi connectivity index (χ0n) is 19.0. The summed E-state index contributed by atoms with van der Waals surface area (Å²) in [5.74, 6) is 1.47. The molecule has 1 fully saturated rings. The molecule has 0 unspecified atom stereocenters. The number of ketones is 1. The fourth-order valence-corrected chi connectivity index (χ4v) is 5.43. The number of Topliss-reactive ketones (excluding diaryl/α,β-unsaturated/α-hetero) is 1. The Bertz CT molecular complexity index is 1030. The molecule has 0 bridgehead atoms. The highest BCUT2D eigenvalue weighted by Crippen LogP contribution is 2.49. The third kappa shape index (κ3) is 3.70. The summed E-state index contributed by atoms with van der Waals surface area (Å²) in [5.41, 5.74) is 2.50. The van der Waals surface area contributed by atoms with Gasteiger partial charge in [-0.05, 0) is 74.0 Å². The minimum atomic E-state index is -0.426. The summed E-state index contributed by atoms with van der Waals surface area (Å²) in [6.07, 6.45) is 7.20. The second-order valence-corrected chi connectivity index (χ2v) is 10.5. The van der Waals surface area contributed by atoms with Gasteiger partial charge in [0, 0.05) is 6.07 Å². The average Bonchev–Trinajstić information content (AvgIpc) is 2.64. The fraction of sp³-hybridized carbons (Fsp3) is 0.615. The van der Waals surface area contributed by atoms with E-state index in [-0.39, 0.29) is 16.8 Å². The van der Waals surface area contributed by atoms with Gasteiger partial charge in [0.2, 0.25) is 0 Å². The standard InChI is InChI=1S/C26H34O4/c1-6-7-8-17-14-21(28)29-20-13-16(2)22-19(27)15-26(30-24(22)23(17)20)11-9-18(10-12-26)25(3,4)5/h13-14,18H,6-12,15H2,1-5H3. The molecule has 1 aromatic heterocycles. The summed E-state index contributed by atoms with van der Waals surface area (Å²) >= 11 is 0. The predicted molar refractivity (Wildman–Crippen MR) is 120 cm³/mol. The maximum absolute atomic E-state index is 13.3. The van der Waals surface area contributed by atoms with Gasteiger partial charge in [-0.25, -0.2) is 4.79 Å². The molecule has 4 rings (SSSR count). The lowest BCUT2D eigenvalue weighted by molar-refractivity contribution is -0.0118. The van der Waals surface area contributed by atoms with Gasteiger partial charge in [0.1, 0.15) is 16.9 Å². The Hall–Kier alpha value is -2.10. The zero-order valence-corrected chi connectivity index (χ0v) is 19.0. The van der Waals surface area contributed by atoms with E-state index in [4.69, 9.17) is 9.15 Å². The zero-order chi connectivity index (χ0) is 21.7. The first-order chi connectivity index (χ1) is 14.1. The Kier molecular flexibility index (Phi) is 5.32. The van der Waals surface area contributed by atoms with Gasteiger partial charge in [-0.2, -0.15) is 0 Å². The van der Waals surface area contributed by atoms with Crippen LogP contribution in [0.3, 0.4) is 0 Å². The van der Waals surface area contributed by atoms with Gasteiger partial charge < -0.3 is 9.15 Å². The minimum absolute atomic E-state index is 0.164. The number of ether oxygens (including phenoxy) is 1. The molecular weight excluding hydrogens is 376 g/mol. The van der Waals surface area contributed by atoms with Crippen molar-refractivity contribution in [3.05, 3.63) is 39.2 Å². The molecule has 0 amide bonds. The first-order valence-electron chi connectivity index (χ1n) is 11.5. The molecule has 1 aromatic carbocycles. The lowest BCUT2D eigenvalue weighted by Gasteiger charge is -2.46. The number of carbonyl (C=O) groups is 1. The van der Waals surface area contributed by atoms with Crippen molar-refractivity contribution in [3.63, 3.8) is 0 Å². The molecule has 1 aliphatic carbocycles. The molecule has 0 N–H and O–H groups in total. The molecule has 162 valence electrons. The van der Waals surface area contributed by atoms with Crippen LogP contribution in [0.5, 0.6) is 5.75 Å². The number of unbranched alkanes of at least 4 members (excludes halogenated alkanes) is 1. The van der Waals surface area contributed by atoms with Crippen LogP contribution in [0, 0.1) is 18.3 Å². The molecule has 1 spiro atoms. The molecule has 0 saturated heterocycles. The Morgan fingerprint density at radius 2 is 1.83 bits per heavy atom. The van der Waals surface area contributed by atoms with Crippen LogP contribution in [0.25, 0.3) is 11.0 Å². The Balaban J connectivity index is 1.81. The summed E-state index contributed by atoms with van der Waals surface area (Å²) < 4.78 is 12.3. The SMILES string of the molecule is CCCCc1cc(=O)oc2cc(C)c3c(c12)OC1(CCC(C(C)(C)C)CC1)CC3=O. The maximum Gasteiger partial charge on any atom is 0.336 e. The normalized spacial score (nSPS) is 24.2. The Morgan fingerprint density at radius 1 is 1.13 bits per heavy atom. The highest BCUT2D eigenvalue weighted by atomic mass is 16.5. The lowest BCUT2D eigenvalue weighted by Crippen LogP contribution is -2.46.